The zero-order chi connectivity index (χ0) is 36.7. The minimum absolute atomic E-state index is 0.112. The molecule has 0 spiro atoms. The number of non-ortho nitro benzene ring substituents is 1. The maximum atomic E-state index is 14.5. The average molecular weight is 698 g/mol. The van der Waals surface area contributed by atoms with E-state index in [9.17, 15) is 19.7 Å². The summed E-state index contributed by atoms with van der Waals surface area (Å²) in [4.78, 5) is 41.9. The second-order valence-electron chi connectivity index (χ2n) is 13.8. The van der Waals surface area contributed by atoms with Crippen molar-refractivity contribution in [2.75, 3.05) is 47.1 Å². The van der Waals surface area contributed by atoms with E-state index < -0.39 is 34.7 Å². The summed E-state index contributed by atoms with van der Waals surface area (Å²) in [6.45, 7) is 11.0. The van der Waals surface area contributed by atoms with Gasteiger partial charge in [-0.2, -0.15) is 0 Å². The number of fused-ring (bicyclic) bond motifs is 1. The third-order valence-corrected chi connectivity index (χ3v) is 8.36. The van der Waals surface area contributed by atoms with E-state index in [1.807, 2.05) is 65.0 Å². The van der Waals surface area contributed by atoms with Gasteiger partial charge in [0.1, 0.15) is 17.1 Å². The quantitative estimate of drug-likeness (QED) is 0.149. The largest absolute Gasteiger partial charge is 0.497 e. The van der Waals surface area contributed by atoms with Crippen LogP contribution in [0.25, 0.3) is 0 Å². The first kappa shape index (κ1) is 40.3. The Labute approximate surface area is 296 Å². The fraction of sp³-hybridized carbons (Fsp3) is 0.579. The van der Waals surface area contributed by atoms with Gasteiger partial charge >= 0.3 is 6.09 Å². The van der Waals surface area contributed by atoms with Gasteiger partial charge in [0, 0.05) is 31.6 Å². The number of likely N-dealkylation sites (N-methyl/N-ethyl adjacent to an activating group) is 1. The predicted octanol–water partition coefficient (Wildman–Crippen LogP) is 7.44. The number of benzene rings is 2. The van der Waals surface area contributed by atoms with E-state index in [4.69, 9.17) is 23.7 Å². The van der Waals surface area contributed by atoms with Crippen LogP contribution in [-0.2, 0) is 20.8 Å². The first-order valence-electron chi connectivity index (χ1n) is 17.4. The molecule has 3 rings (SSSR count). The Morgan fingerprint density at radius 1 is 1.10 bits per heavy atom. The zero-order valence-corrected chi connectivity index (χ0v) is 30.7. The van der Waals surface area contributed by atoms with E-state index in [1.165, 1.54) is 23.1 Å². The maximum absolute atomic E-state index is 14.5. The second kappa shape index (κ2) is 19.9. The van der Waals surface area contributed by atoms with Crippen LogP contribution in [0.2, 0.25) is 0 Å². The van der Waals surface area contributed by atoms with Gasteiger partial charge in [-0.25, -0.2) is 4.79 Å². The van der Waals surface area contributed by atoms with E-state index in [0.29, 0.717) is 25.6 Å². The van der Waals surface area contributed by atoms with E-state index >= 15 is 0 Å². The summed E-state index contributed by atoms with van der Waals surface area (Å²) in [5, 5.41) is 11.8. The highest BCUT2D eigenvalue weighted by Crippen LogP contribution is 2.28. The van der Waals surface area contributed by atoms with Gasteiger partial charge in [0.05, 0.1) is 62.7 Å². The van der Waals surface area contributed by atoms with Crippen LogP contribution in [0.5, 0.6) is 11.5 Å². The third-order valence-electron chi connectivity index (χ3n) is 8.36. The number of nitrogens with zero attached hydrogens (tertiary/aromatic N) is 3. The van der Waals surface area contributed by atoms with Crippen LogP contribution in [-0.4, -0.2) is 91.5 Å². The first-order valence-corrected chi connectivity index (χ1v) is 17.4. The van der Waals surface area contributed by atoms with Crippen LogP contribution >= 0.6 is 0 Å². The molecule has 0 radical (unpaired) electrons. The fourth-order valence-corrected chi connectivity index (χ4v) is 5.48. The highest BCUT2D eigenvalue weighted by atomic mass is 16.6. The Balaban J connectivity index is 1.95. The number of amides is 2. The number of carbonyl (C=O) groups is 2. The topological polar surface area (TPSA) is 130 Å². The molecule has 1 heterocycles. The van der Waals surface area contributed by atoms with E-state index in [2.05, 4.69) is 6.08 Å². The summed E-state index contributed by atoms with van der Waals surface area (Å²) in [7, 11) is 3.27. The molecule has 3 atom stereocenters. The first-order chi connectivity index (χ1) is 23.8. The number of hydrogen-bond donors (Lipinski definition) is 0. The molecule has 0 saturated heterocycles. The fourth-order valence-electron chi connectivity index (χ4n) is 5.48. The molecule has 2 aromatic rings. The summed E-state index contributed by atoms with van der Waals surface area (Å²) >= 11 is 0. The highest BCUT2D eigenvalue weighted by Gasteiger charge is 2.32. The van der Waals surface area contributed by atoms with E-state index in [-0.39, 0.29) is 36.9 Å². The smallest absolute Gasteiger partial charge is 0.410 e. The molecule has 0 fully saturated rings. The Hall–Kier alpha value is -4.16. The van der Waals surface area contributed by atoms with Gasteiger partial charge in [-0.05, 0) is 70.7 Å². The molecule has 0 aliphatic carbocycles. The number of ether oxygens (including phenoxy) is 5. The Morgan fingerprint density at radius 2 is 1.82 bits per heavy atom. The van der Waals surface area contributed by atoms with Gasteiger partial charge in [0.25, 0.3) is 11.6 Å². The third kappa shape index (κ3) is 13.3. The average Bonchev–Trinajstić information content (AvgIpc) is 3.07. The molecule has 0 aromatic heterocycles. The summed E-state index contributed by atoms with van der Waals surface area (Å²) in [6, 6.07) is 11.2. The maximum Gasteiger partial charge on any atom is 0.410 e. The molecule has 12 heteroatoms. The highest BCUT2D eigenvalue weighted by molar-refractivity contribution is 5.98. The van der Waals surface area contributed by atoms with Crippen LogP contribution in [0.1, 0.15) is 82.6 Å². The van der Waals surface area contributed by atoms with Gasteiger partial charge in [0.2, 0.25) is 0 Å². The SMILES string of the molecule is COc1ccc(COC[C@H](C)N2C[C@@H](C)[C@H](CN(C)C(=O)OC(C)(C)C)OC/C=C/CCCCCCOc3ccc([N+](=O)[O-])cc3C2=O)cc1. The summed E-state index contributed by atoms with van der Waals surface area (Å²) in [6.07, 6.45) is 7.86. The minimum Gasteiger partial charge on any atom is -0.497 e. The van der Waals surface area contributed by atoms with Crippen molar-refractivity contribution in [2.24, 2.45) is 5.92 Å². The van der Waals surface area contributed by atoms with Crippen molar-refractivity contribution in [3.8, 4) is 11.5 Å². The number of carbonyl (C=O) groups excluding carboxylic acids is 2. The van der Waals surface area contributed by atoms with Gasteiger partial charge in [-0.3, -0.25) is 14.9 Å². The predicted molar refractivity (Wildman–Crippen MR) is 192 cm³/mol. The summed E-state index contributed by atoms with van der Waals surface area (Å²) < 4.78 is 29.4. The van der Waals surface area contributed by atoms with Gasteiger partial charge in [-0.1, -0.05) is 44.1 Å². The monoisotopic (exact) mass is 697 g/mol. The Morgan fingerprint density at radius 3 is 2.50 bits per heavy atom. The molecule has 2 aromatic carbocycles. The number of hydrogen-bond acceptors (Lipinski definition) is 9. The molecule has 0 unspecified atom stereocenters. The Bertz CT molecular complexity index is 1410. The molecular formula is C38H55N3O9. The van der Waals surface area contributed by atoms with Gasteiger partial charge in [0.15, 0.2) is 0 Å². The van der Waals surface area contributed by atoms with Crippen LogP contribution in [0.3, 0.4) is 0 Å². The van der Waals surface area contributed by atoms with E-state index in [0.717, 1.165) is 43.4 Å². The lowest BCUT2D eigenvalue weighted by Crippen LogP contribution is -2.48. The Kier molecular flexibility index (Phi) is 16.0. The molecule has 0 saturated carbocycles. The van der Waals surface area contributed by atoms with Gasteiger partial charge < -0.3 is 33.5 Å². The van der Waals surface area contributed by atoms with Crippen molar-refractivity contribution in [3.63, 3.8) is 0 Å². The minimum atomic E-state index is -0.666. The molecule has 1 aliphatic rings. The van der Waals surface area contributed by atoms with Crippen LogP contribution < -0.4 is 9.47 Å². The molecule has 12 nitrogen and oxygen atoms in total. The van der Waals surface area contributed by atoms with Gasteiger partial charge in [-0.15, -0.1) is 0 Å². The van der Waals surface area contributed by atoms with E-state index in [1.54, 1.807) is 19.1 Å². The standard InChI is InChI=1S/C38H55N3O9/c1-28-24-40(29(2)26-47-27-30-15-18-32(46-7)19-16-30)36(42)33-23-31(41(44)45)17-20-34(33)48-21-13-11-9-8-10-12-14-22-49-35(28)25-39(6)37(43)50-38(3,4)5/h12,14-20,23,28-29,35H,8-11,13,21-22,24-27H2,1-7H3/b14-12+/t28-,29+,35+/m1/s1. The number of methoxy groups -OCH3 is 1. The summed E-state index contributed by atoms with van der Waals surface area (Å²) in [5.74, 6) is 0.343. The normalized spacial score (nSPS) is 19.6. The lowest BCUT2D eigenvalue weighted by Gasteiger charge is -2.36. The molecule has 2 amide bonds. The number of allylic oxidation sites excluding steroid dienone is 1. The summed E-state index contributed by atoms with van der Waals surface area (Å²) in [5.41, 5.74) is 0.187. The van der Waals surface area contributed by atoms with Crippen molar-refractivity contribution >= 4 is 17.7 Å². The van der Waals surface area contributed by atoms with Crippen molar-refractivity contribution in [3.05, 3.63) is 75.9 Å². The molecule has 0 N–H and O–H groups in total. The molecule has 0 bridgehead atoms. The van der Waals surface area contributed by atoms with Crippen molar-refractivity contribution in [1.82, 2.24) is 9.80 Å². The second-order valence-corrected chi connectivity index (χ2v) is 13.8. The van der Waals surface area contributed by atoms with Crippen LogP contribution in [0.4, 0.5) is 10.5 Å². The van der Waals surface area contributed by atoms with Crippen molar-refractivity contribution < 1.29 is 38.2 Å². The van der Waals surface area contributed by atoms with Crippen molar-refractivity contribution in [2.45, 2.75) is 91.1 Å². The van der Waals surface area contributed by atoms with Crippen molar-refractivity contribution in [1.29, 1.82) is 0 Å². The molecule has 276 valence electrons. The lowest BCUT2D eigenvalue weighted by molar-refractivity contribution is -0.384. The number of nitro groups is 1. The zero-order valence-electron chi connectivity index (χ0n) is 30.7. The van der Waals surface area contributed by atoms with Crippen LogP contribution in [0.15, 0.2) is 54.6 Å². The number of nitro benzene ring substituents is 1. The molecular weight excluding hydrogens is 642 g/mol. The molecule has 50 heavy (non-hydrogen) atoms. The van der Waals surface area contributed by atoms with Crippen LogP contribution in [0, 0.1) is 16.0 Å². The molecule has 1 aliphatic heterocycles. The number of rotatable bonds is 9. The lowest BCUT2D eigenvalue weighted by atomic mass is 10.0.